The van der Waals surface area contributed by atoms with Crippen molar-refractivity contribution in [1.82, 2.24) is 10.3 Å². The number of hydrogen-bond acceptors (Lipinski definition) is 5. The molecule has 0 saturated heterocycles. The fourth-order valence-corrected chi connectivity index (χ4v) is 3.04. The fourth-order valence-electron chi connectivity index (χ4n) is 1.73. The van der Waals surface area contributed by atoms with Gasteiger partial charge in [0, 0.05) is 23.6 Å². The predicted molar refractivity (Wildman–Crippen MR) is 81.1 cm³/mol. The van der Waals surface area contributed by atoms with Crippen LogP contribution < -0.4 is 14.8 Å². The number of benzene rings is 1. The normalized spacial score (nSPS) is 10.5. The Morgan fingerprint density at radius 2 is 2.00 bits per heavy atom. The summed E-state index contributed by atoms with van der Waals surface area (Å²) in [6.07, 6.45) is 0. The van der Waals surface area contributed by atoms with E-state index in [1.165, 1.54) is 0 Å². The summed E-state index contributed by atoms with van der Waals surface area (Å²) in [6.45, 7) is 0.768. The van der Waals surface area contributed by atoms with Crippen molar-refractivity contribution in [3.63, 3.8) is 0 Å². The van der Waals surface area contributed by atoms with Crippen molar-refractivity contribution >= 4 is 27.3 Å². The average molecular weight is 343 g/mol. The Hall–Kier alpha value is -1.11. The second-order valence-corrected chi connectivity index (χ2v) is 5.64. The Kier molecular flexibility index (Phi) is 4.79. The lowest BCUT2D eigenvalue weighted by Crippen LogP contribution is -2.04. The molecule has 0 bridgehead atoms. The molecular formula is C13H15BrN2O2S. The van der Waals surface area contributed by atoms with Gasteiger partial charge in [-0.2, -0.15) is 0 Å². The second kappa shape index (κ2) is 6.36. The molecule has 0 fully saturated rings. The van der Waals surface area contributed by atoms with Crippen LogP contribution in [-0.4, -0.2) is 26.3 Å². The van der Waals surface area contributed by atoms with Gasteiger partial charge in [0.25, 0.3) is 0 Å². The van der Waals surface area contributed by atoms with E-state index >= 15 is 0 Å². The molecule has 0 aliphatic carbocycles. The zero-order chi connectivity index (χ0) is 13.8. The van der Waals surface area contributed by atoms with Crippen LogP contribution in [0.5, 0.6) is 11.5 Å². The third-order valence-electron chi connectivity index (χ3n) is 2.63. The van der Waals surface area contributed by atoms with Gasteiger partial charge in [0.05, 0.1) is 24.4 Å². The lowest BCUT2D eigenvalue weighted by molar-refractivity contribution is 0.393. The summed E-state index contributed by atoms with van der Waals surface area (Å²) in [5.74, 6) is 1.49. The highest BCUT2D eigenvalue weighted by molar-refractivity contribution is 9.10. The molecule has 2 rings (SSSR count). The number of halogens is 1. The van der Waals surface area contributed by atoms with Crippen molar-refractivity contribution in [2.45, 2.75) is 6.54 Å². The Morgan fingerprint density at radius 1 is 1.26 bits per heavy atom. The van der Waals surface area contributed by atoms with Gasteiger partial charge in [0.15, 0.2) is 0 Å². The lowest BCUT2D eigenvalue weighted by atomic mass is 10.1. The van der Waals surface area contributed by atoms with Gasteiger partial charge >= 0.3 is 0 Å². The van der Waals surface area contributed by atoms with E-state index in [0.29, 0.717) is 0 Å². The molecule has 0 spiro atoms. The number of nitrogens with one attached hydrogen (secondary N) is 1. The van der Waals surface area contributed by atoms with Crippen LogP contribution in [0.3, 0.4) is 0 Å². The van der Waals surface area contributed by atoms with Gasteiger partial charge in [-0.1, -0.05) is 0 Å². The van der Waals surface area contributed by atoms with Crippen LogP contribution >= 0.6 is 27.3 Å². The summed E-state index contributed by atoms with van der Waals surface area (Å²) in [6, 6.07) is 3.83. The van der Waals surface area contributed by atoms with Crippen molar-refractivity contribution in [3.8, 4) is 22.8 Å². The minimum absolute atomic E-state index is 0.742. The molecule has 1 aromatic carbocycles. The van der Waals surface area contributed by atoms with Crippen molar-refractivity contribution in [1.29, 1.82) is 0 Å². The highest BCUT2D eigenvalue weighted by atomic mass is 79.9. The van der Waals surface area contributed by atoms with E-state index in [1.807, 2.05) is 24.6 Å². The molecule has 0 radical (unpaired) electrons. The highest BCUT2D eigenvalue weighted by Gasteiger charge is 2.14. The average Bonchev–Trinajstić information content (AvgIpc) is 2.87. The Labute approximate surface area is 124 Å². The molecular weight excluding hydrogens is 328 g/mol. The van der Waals surface area contributed by atoms with Gasteiger partial charge in [-0.3, -0.25) is 0 Å². The molecule has 6 heteroatoms. The third-order valence-corrected chi connectivity index (χ3v) is 4.10. The Morgan fingerprint density at radius 3 is 2.63 bits per heavy atom. The zero-order valence-electron chi connectivity index (χ0n) is 11.0. The maximum Gasteiger partial charge on any atom is 0.136 e. The first-order valence-corrected chi connectivity index (χ1v) is 7.37. The molecule has 0 aliphatic rings. The van der Waals surface area contributed by atoms with Crippen LogP contribution in [0, 0.1) is 0 Å². The topological polar surface area (TPSA) is 43.4 Å². The molecule has 102 valence electrons. The first-order valence-electron chi connectivity index (χ1n) is 5.70. The van der Waals surface area contributed by atoms with Crippen molar-refractivity contribution in [3.05, 3.63) is 27.0 Å². The van der Waals surface area contributed by atoms with Crippen molar-refractivity contribution in [2.75, 3.05) is 21.3 Å². The monoisotopic (exact) mass is 342 g/mol. The van der Waals surface area contributed by atoms with Gasteiger partial charge in [-0.15, -0.1) is 11.3 Å². The van der Waals surface area contributed by atoms with Crippen LogP contribution in [0.4, 0.5) is 0 Å². The quantitative estimate of drug-likeness (QED) is 0.905. The number of hydrogen-bond donors (Lipinski definition) is 1. The van der Waals surface area contributed by atoms with E-state index < -0.39 is 0 Å². The van der Waals surface area contributed by atoms with E-state index in [4.69, 9.17) is 9.47 Å². The minimum atomic E-state index is 0.742. The molecule has 0 saturated carbocycles. The standard InChI is InChI=1S/C13H15BrN2O2S/c1-15-6-13-16-10(7-19-13)8-4-9(14)12(18-3)5-11(8)17-2/h4-5,7,15H,6H2,1-3H3. The van der Waals surface area contributed by atoms with E-state index in [-0.39, 0.29) is 0 Å². The summed E-state index contributed by atoms with van der Waals surface area (Å²) in [4.78, 5) is 4.59. The maximum atomic E-state index is 5.41. The van der Waals surface area contributed by atoms with Gasteiger partial charge in [-0.25, -0.2) is 4.98 Å². The van der Waals surface area contributed by atoms with Crippen LogP contribution in [0.25, 0.3) is 11.3 Å². The van der Waals surface area contributed by atoms with Crippen LogP contribution in [0.1, 0.15) is 5.01 Å². The number of rotatable bonds is 5. The maximum absolute atomic E-state index is 5.41. The highest BCUT2D eigenvalue weighted by Crippen LogP contribution is 2.38. The fraction of sp³-hybridized carbons (Fsp3) is 0.308. The first kappa shape index (κ1) is 14.3. The molecule has 4 nitrogen and oxygen atoms in total. The van der Waals surface area contributed by atoms with E-state index in [9.17, 15) is 0 Å². The summed E-state index contributed by atoms with van der Waals surface area (Å²) in [7, 11) is 5.19. The van der Waals surface area contributed by atoms with E-state index in [2.05, 4.69) is 26.2 Å². The van der Waals surface area contributed by atoms with Crippen molar-refractivity contribution < 1.29 is 9.47 Å². The summed E-state index contributed by atoms with van der Waals surface area (Å²) >= 11 is 5.12. The van der Waals surface area contributed by atoms with Gasteiger partial charge < -0.3 is 14.8 Å². The lowest BCUT2D eigenvalue weighted by Gasteiger charge is -2.10. The molecule has 0 atom stereocenters. The summed E-state index contributed by atoms with van der Waals surface area (Å²) in [5, 5.41) is 6.17. The molecule has 1 N–H and O–H groups in total. The Balaban J connectivity index is 2.44. The number of thiazole rings is 1. The number of ether oxygens (including phenoxy) is 2. The molecule has 19 heavy (non-hydrogen) atoms. The largest absolute Gasteiger partial charge is 0.496 e. The van der Waals surface area contributed by atoms with Crippen LogP contribution in [-0.2, 0) is 6.54 Å². The number of aromatic nitrogens is 1. The predicted octanol–water partition coefficient (Wildman–Crippen LogP) is 3.31. The number of nitrogens with zero attached hydrogens (tertiary/aromatic N) is 1. The van der Waals surface area contributed by atoms with Crippen molar-refractivity contribution in [2.24, 2.45) is 0 Å². The van der Waals surface area contributed by atoms with E-state index in [0.717, 1.165) is 38.8 Å². The van der Waals surface area contributed by atoms with Gasteiger partial charge in [-0.05, 0) is 29.0 Å². The van der Waals surface area contributed by atoms with Crippen LogP contribution in [0.15, 0.2) is 22.0 Å². The smallest absolute Gasteiger partial charge is 0.136 e. The minimum Gasteiger partial charge on any atom is -0.496 e. The SMILES string of the molecule is CNCc1nc(-c2cc(Br)c(OC)cc2OC)cs1. The molecule has 2 aromatic rings. The zero-order valence-corrected chi connectivity index (χ0v) is 13.4. The summed E-state index contributed by atoms with van der Waals surface area (Å²) in [5.41, 5.74) is 1.87. The van der Waals surface area contributed by atoms with E-state index in [1.54, 1.807) is 25.6 Å². The molecule has 0 aliphatic heterocycles. The number of methoxy groups -OCH3 is 2. The first-order chi connectivity index (χ1) is 9.19. The molecule has 0 unspecified atom stereocenters. The molecule has 1 heterocycles. The van der Waals surface area contributed by atoms with Gasteiger partial charge in [0.2, 0.25) is 0 Å². The molecule has 0 amide bonds. The summed E-state index contributed by atoms with van der Waals surface area (Å²) < 4.78 is 11.6. The van der Waals surface area contributed by atoms with Gasteiger partial charge in [0.1, 0.15) is 16.5 Å². The third kappa shape index (κ3) is 3.08. The second-order valence-electron chi connectivity index (χ2n) is 3.84. The Bertz CT molecular complexity index is 572. The van der Waals surface area contributed by atoms with Crippen LogP contribution in [0.2, 0.25) is 0 Å². The molecule has 1 aromatic heterocycles.